The van der Waals surface area contributed by atoms with Crippen LogP contribution in [0.15, 0.2) is 45.3 Å². The molecule has 0 fully saturated rings. The molecule has 2 rings (SSSR count). The van der Waals surface area contributed by atoms with Gasteiger partial charge in [-0.3, -0.25) is 11.3 Å². The van der Waals surface area contributed by atoms with Gasteiger partial charge in [0.25, 0.3) is 0 Å². The van der Waals surface area contributed by atoms with Crippen LogP contribution in [0.1, 0.15) is 17.2 Å². The first kappa shape index (κ1) is 15.9. The number of rotatable bonds is 4. The lowest BCUT2D eigenvalue weighted by Crippen LogP contribution is -2.30. The molecule has 0 aromatic heterocycles. The van der Waals surface area contributed by atoms with E-state index in [-0.39, 0.29) is 11.9 Å². The van der Waals surface area contributed by atoms with E-state index in [0.29, 0.717) is 21.5 Å². The molecule has 2 aromatic rings. The summed E-state index contributed by atoms with van der Waals surface area (Å²) in [6.45, 7) is 0. The molecule has 2 nitrogen and oxygen atoms in total. The molecular formula is C14H12Br2ClFN2. The van der Waals surface area contributed by atoms with Crippen molar-refractivity contribution in [2.45, 2.75) is 12.5 Å². The van der Waals surface area contributed by atoms with Gasteiger partial charge in [0, 0.05) is 14.0 Å². The maximum Gasteiger partial charge on any atom is 0.127 e. The molecule has 0 aliphatic heterocycles. The number of halogens is 4. The summed E-state index contributed by atoms with van der Waals surface area (Å²) in [4.78, 5) is 0. The number of nitrogens with one attached hydrogen (secondary N) is 1. The van der Waals surface area contributed by atoms with E-state index in [9.17, 15) is 4.39 Å². The van der Waals surface area contributed by atoms with Crippen LogP contribution in [0.3, 0.4) is 0 Å². The Labute approximate surface area is 138 Å². The molecule has 3 N–H and O–H groups in total. The summed E-state index contributed by atoms with van der Waals surface area (Å²) in [5.74, 6) is 5.32. The van der Waals surface area contributed by atoms with E-state index in [1.807, 2.05) is 12.1 Å². The smallest absolute Gasteiger partial charge is 0.127 e. The molecule has 20 heavy (non-hydrogen) atoms. The molecule has 0 aliphatic carbocycles. The van der Waals surface area contributed by atoms with Crippen molar-refractivity contribution in [2.75, 3.05) is 0 Å². The first-order valence-electron chi connectivity index (χ1n) is 5.86. The average Bonchev–Trinajstić information content (AvgIpc) is 2.41. The molecule has 0 saturated heterocycles. The summed E-state index contributed by atoms with van der Waals surface area (Å²) >= 11 is 12.8. The molecule has 1 atom stereocenters. The number of nitrogens with two attached hydrogens (primary N) is 1. The Hall–Kier alpha value is -0.460. The lowest BCUT2D eigenvalue weighted by atomic mass is 9.99. The van der Waals surface area contributed by atoms with Crippen LogP contribution in [0.4, 0.5) is 4.39 Å². The minimum Gasteiger partial charge on any atom is -0.271 e. The first-order chi connectivity index (χ1) is 9.51. The van der Waals surface area contributed by atoms with Crippen LogP contribution in [0.2, 0.25) is 5.02 Å². The van der Waals surface area contributed by atoms with E-state index in [1.165, 1.54) is 6.07 Å². The number of hydrazine groups is 1. The molecule has 0 aliphatic rings. The highest BCUT2D eigenvalue weighted by Gasteiger charge is 2.16. The third kappa shape index (κ3) is 3.80. The van der Waals surface area contributed by atoms with E-state index in [1.54, 1.807) is 18.2 Å². The highest BCUT2D eigenvalue weighted by molar-refractivity contribution is 9.10. The van der Waals surface area contributed by atoms with Crippen LogP contribution in [-0.2, 0) is 6.42 Å². The zero-order valence-electron chi connectivity index (χ0n) is 10.3. The Morgan fingerprint density at radius 2 is 1.80 bits per heavy atom. The van der Waals surface area contributed by atoms with Gasteiger partial charge in [-0.1, -0.05) is 49.5 Å². The van der Waals surface area contributed by atoms with Crippen molar-refractivity contribution in [1.29, 1.82) is 0 Å². The van der Waals surface area contributed by atoms with E-state index in [4.69, 9.17) is 17.4 Å². The molecule has 0 spiro atoms. The maximum atomic E-state index is 13.9. The van der Waals surface area contributed by atoms with Gasteiger partial charge in [-0.25, -0.2) is 4.39 Å². The Kier molecular flexibility index (Phi) is 5.57. The van der Waals surface area contributed by atoms with E-state index < -0.39 is 0 Å². The third-order valence-corrected chi connectivity index (χ3v) is 4.30. The van der Waals surface area contributed by atoms with Crippen LogP contribution in [-0.4, -0.2) is 0 Å². The van der Waals surface area contributed by atoms with Gasteiger partial charge in [-0.2, -0.15) is 0 Å². The van der Waals surface area contributed by atoms with Crippen molar-refractivity contribution >= 4 is 43.5 Å². The van der Waals surface area contributed by atoms with Gasteiger partial charge >= 0.3 is 0 Å². The Morgan fingerprint density at radius 3 is 2.45 bits per heavy atom. The van der Waals surface area contributed by atoms with Gasteiger partial charge < -0.3 is 0 Å². The highest BCUT2D eigenvalue weighted by atomic mass is 79.9. The summed E-state index contributed by atoms with van der Waals surface area (Å²) in [6, 6.07) is 10.2. The first-order valence-corrected chi connectivity index (χ1v) is 7.82. The molecule has 2 aromatic carbocycles. The van der Waals surface area contributed by atoms with Crippen LogP contribution in [0.25, 0.3) is 0 Å². The Morgan fingerprint density at radius 1 is 1.15 bits per heavy atom. The molecule has 0 radical (unpaired) electrons. The molecule has 0 bridgehead atoms. The molecular weight excluding hydrogens is 410 g/mol. The number of benzene rings is 2. The fourth-order valence-corrected chi connectivity index (χ4v) is 2.91. The largest absolute Gasteiger partial charge is 0.271 e. The zero-order chi connectivity index (χ0) is 14.7. The Bertz CT molecular complexity index is 622. The van der Waals surface area contributed by atoms with E-state index >= 15 is 0 Å². The average molecular weight is 423 g/mol. The van der Waals surface area contributed by atoms with Crippen molar-refractivity contribution in [3.8, 4) is 0 Å². The highest BCUT2D eigenvalue weighted by Crippen LogP contribution is 2.29. The third-order valence-electron chi connectivity index (χ3n) is 2.97. The predicted octanol–water partition coefficient (Wildman–Crippen LogP) is 4.75. The van der Waals surface area contributed by atoms with Crippen molar-refractivity contribution in [3.63, 3.8) is 0 Å². The van der Waals surface area contributed by atoms with Gasteiger partial charge in [0.15, 0.2) is 0 Å². The fourth-order valence-electron chi connectivity index (χ4n) is 1.95. The second-order valence-electron chi connectivity index (χ2n) is 4.32. The number of hydrogen-bond donors (Lipinski definition) is 2. The molecule has 106 valence electrons. The summed E-state index contributed by atoms with van der Waals surface area (Å²) < 4.78 is 15.5. The maximum absolute atomic E-state index is 13.9. The lowest BCUT2D eigenvalue weighted by molar-refractivity contribution is 0.529. The minimum atomic E-state index is -0.272. The minimum absolute atomic E-state index is 0.268. The summed E-state index contributed by atoms with van der Waals surface area (Å²) in [7, 11) is 0. The van der Waals surface area contributed by atoms with E-state index in [0.717, 1.165) is 10.0 Å². The summed E-state index contributed by atoms with van der Waals surface area (Å²) in [6.07, 6.45) is 0.409. The quantitative estimate of drug-likeness (QED) is 0.551. The second-order valence-corrected chi connectivity index (χ2v) is 6.56. The number of hydrogen-bond acceptors (Lipinski definition) is 2. The van der Waals surface area contributed by atoms with Gasteiger partial charge in [0.05, 0.1) is 6.04 Å². The molecule has 0 saturated carbocycles. The molecule has 6 heteroatoms. The molecule has 0 heterocycles. The standard InChI is InChI=1S/C14H12Br2ClFN2/c15-9-3-4-12(17)11(6-9)14(20-19)5-8-1-2-10(16)7-13(8)18/h1-4,6-7,14,20H,5,19H2. The fraction of sp³-hybridized carbons (Fsp3) is 0.143. The predicted molar refractivity (Wildman–Crippen MR) is 87.0 cm³/mol. The summed E-state index contributed by atoms with van der Waals surface area (Å²) in [5.41, 5.74) is 4.09. The topological polar surface area (TPSA) is 38.0 Å². The normalized spacial score (nSPS) is 12.4. The monoisotopic (exact) mass is 420 g/mol. The summed E-state index contributed by atoms with van der Waals surface area (Å²) in [5, 5.41) is 0.591. The van der Waals surface area contributed by atoms with Crippen molar-refractivity contribution in [3.05, 3.63) is 67.3 Å². The second kappa shape index (κ2) is 7.00. The van der Waals surface area contributed by atoms with Gasteiger partial charge in [0.1, 0.15) is 5.82 Å². The van der Waals surface area contributed by atoms with E-state index in [2.05, 4.69) is 37.3 Å². The van der Waals surface area contributed by atoms with Crippen LogP contribution < -0.4 is 11.3 Å². The van der Waals surface area contributed by atoms with Crippen LogP contribution in [0, 0.1) is 5.82 Å². The van der Waals surface area contributed by atoms with Gasteiger partial charge in [-0.05, 0) is 47.9 Å². The molecule has 0 amide bonds. The molecule has 1 unspecified atom stereocenters. The van der Waals surface area contributed by atoms with Gasteiger partial charge in [-0.15, -0.1) is 0 Å². The van der Waals surface area contributed by atoms with Crippen LogP contribution in [0.5, 0.6) is 0 Å². The van der Waals surface area contributed by atoms with Crippen molar-refractivity contribution in [2.24, 2.45) is 5.84 Å². The SMILES string of the molecule is NNC(Cc1ccc(Br)cc1F)c1cc(Br)ccc1Cl. The Balaban J connectivity index is 2.31. The van der Waals surface area contributed by atoms with Crippen molar-refractivity contribution < 1.29 is 4.39 Å². The zero-order valence-corrected chi connectivity index (χ0v) is 14.3. The van der Waals surface area contributed by atoms with Crippen LogP contribution >= 0.6 is 43.5 Å². The van der Waals surface area contributed by atoms with Gasteiger partial charge in [0.2, 0.25) is 0 Å². The lowest BCUT2D eigenvalue weighted by Gasteiger charge is -2.18. The van der Waals surface area contributed by atoms with Crippen molar-refractivity contribution in [1.82, 2.24) is 5.43 Å².